The lowest BCUT2D eigenvalue weighted by atomic mass is 9.90. The Kier molecular flexibility index (Phi) is 4.71. The van der Waals surface area contributed by atoms with Gasteiger partial charge in [0.05, 0.1) is 5.92 Å². The van der Waals surface area contributed by atoms with E-state index in [9.17, 15) is 9.59 Å². The van der Waals surface area contributed by atoms with E-state index in [1.165, 1.54) is 0 Å². The van der Waals surface area contributed by atoms with E-state index >= 15 is 0 Å². The van der Waals surface area contributed by atoms with E-state index in [1.54, 1.807) is 6.07 Å². The molecule has 0 radical (unpaired) electrons. The lowest BCUT2D eigenvalue weighted by Crippen LogP contribution is -2.33. The highest BCUT2D eigenvalue weighted by Crippen LogP contribution is 2.30. The molecule has 2 aromatic rings. The van der Waals surface area contributed by atoms with Crippen LogP contribution in [0.5, 0.6) is 5.75 Å². The van der Waals surface area contributed by atoms with Crippen LogP contribution >= 0.6 is 11.6 Å². The van der Waals surface area contributed by atoms with Gasteiger partial charge in [-0.05, 0) is 35.7 Å². The van der Waals surface area contributed by atoms with Gasteiger partial charge >= 0.3 is 0 Å². The van der Waals surface area contributed by atoms with Gasteiger partial charge in [0.25, 0.3) is 0 Å². The van der Waals surface area contributed by atoms with Crippen LogP contribution in [-0.4, -0.2) is 11.8 Å². The van der Waals surface area contributed by atoms with Crippen molar-refractivity contribution in [2.75, 3.05) is 5.32 Å². The van der Waals surface area contributed by atoms with Crippen molar-refractivity contribution in [2.24, 2.45) is 11.7 Å². The Morgan fingerprint density at radius 2 is 2.12 bits per heavy atom. The average molecular weight is 345 g/mol. The Labute approximate surface area is 144 Å². The maximum absolute atomic E-state index is 12.0. The molecular formula is C18H17ClN2O3. The van der Waals surface area contributed by atoms with Crippen LogP contribution in [0.3, 0.4) is 0 Å². The number of amides is 2. The number of nitrogens with two attached hydrogens (primary N) is 1. The number of primary amides is 1. The quantitative estimate of drug-likeness (QED) is 0.875. The van der Waals surface area contributed by atoms with Crippen LogP contribution in [0.25, 0.3) is 0 Å². The van der Waals surface area contributed by atoms with Crippen molar-refractivity contribution in [1.29, 1.82) is 0 Å². The van der Waals surface area contributed by atoms with Gasteiger partial charge in [-0.1, -0.05) is 29.8 Å². The molecule has 6 heteroatoms. The van der Waals surface area contributed by atoms with Crippen molar-refractivity contribution in [1.82, 2.24) is 0 Å². The Bertz CT molecular complexity index is 792. The number of fused-ring (bicyclic) bond motifs is 1. The smallest absolute Gasteiger partial charge is 0.228 e. The number of anilines is 1. The second-order valence-electron chi connectivity index (χ2n) is 5.80. The molecule has 0 bridgehead atoms. The third kappa shape index (κ3) is 3.86. The molecule has 0 saturated carbocycles. The molecule has 1 unspecified atom stereocenters. The van der Waals surface area contributed by atoms with Gasteiger partial charge in [-0.3, -0.25) is 9.59 Å². The number of rotatable bonds is 5. The zero-order valence-corrected chi connectivity index (χ0v) is 13.7. The fourth-order valence-electron chi connectivity index (χ4n) is 2.73. The molecule has 1 aliphatic heterocycles. The number of hydrogen-bond acceptors (Lipinski definition) is 3. The van der Waals surface area contributed by atoms with E-state index in [-0.39, 0.29) is 12.3 Å². The van der Waals surface area contributed by atoms with E-state index < -0.39 is 11.8 Å². The third-order valence-electron chi connectivity index (χ3n) is 3.92. The Morgan fingerprint density at radius 1 is 1.29 bits per heavy atom. The molecule has 2 aromatic carbocycles. The largest absolute Gasteiger partial charge is 0.489 e. The maximum Gasteiger partial charge on any atom is 0.228 e. The molecule has 2 amide bonds. The standard InChI is InChI=1S/C18H17ClN2O3/c19-14-3-1-2-11(6-14)10-24-15-5-4-12-7-13(8-17(20)22)18(23)21-16(12)9-15/h1-6,9,13H,7-8,10H2,(H2,20,22)(H,21,23). The van der Waals surface area contributed by atoms with Crippen molar-refractivity contribution < 1.29 is 14.3 Å². The first-order valence-electron chi connectivity index (χ1n) is 7.60. The molecule has 0 fully saturated rings. The first kappa shape index (κ1) is 16.3. The Balaban J connectivity index is 1.69. The fourth-order valence-corrected chi connectivity index (χ4v) is 2.95. The minimum atomic E-state index is -0.472. The van der Waals surface area contributed by atoms with Crippen LogP contribution in [0.15, 0.2) is 42.5 Å². The summed E-state index contributed by atoms with van der Waals surface area (Å²) in [7, 11) is 0. The molecule has 3 rings (SSSR count). The second kappa shape index (κ2) is 6.93. The summed E-state index contributed by atoms with van der Waals surface area (Å²) in [5.74, 6) is -0.413. The number of benzene rings is 2. The zero-order valence-electron chi connectivity index (χ0n) is 12.9. The average Bonchev–Trinajstić information content (AvgIpc) is 2.53. The van der Waals surface area contributed by atoms with Gasteiger partial charge in [0.2, 0.25) is 11.8 Å². The van der Waals surface area contributed by atoms with Crippen LogP contribution in [0, 0.1) is 5.92 Å². The molecule has 1 atom stereocenters. The van der Waals surface area contributed by atoms with Crippen molar-refractivity contribution in [3.05, 3.63) is 58.6 Å². The first-order valence-corrected chi connectivity index (χ1v) is 7.98. The number of carbonyl (C=O) groups excluding carboxylic acids is 2. The van der Waals surface area contributed by atoms with Crippen LogP contribution in [-0.2, 0) is 22.6 Å². The topological polar surface area (TPSA) is 81.4 Å². The number of hydrogen-bond donors (Lipinski definition) is 2. The highest BCUT2D eigenvalue weighted by atomic mass is 35.5. The van der Waals surface area contributed by atoms with E-state index in [4.69, 9.17) is 22.1 Å². The monoisotopic (exact) mass is 344 g/mol. The predicted molar refractivity (Wildman–Crippen MR) is 91.9 cm³/mol. The van der Waals surface area contributed by atoms with Gasteiger partial charge in [-0.2, -0.15) is 0 Å². The minimum absolute atomic E-state index is 0.0539. The first-order chi connectivity index (χ1) is 11.5. The highest BCUT2D eigenvalue weighted by molar-refractivity contribution is 6.30. The highest BCUT2D eigenvalue weighted by Gasteiger charge is 2.27. The van der Waals surface area contributed by atoms with E-state index in [0.717, 1.165) is 11.1 Å². The number of ether oxygens (including phenoxy) is 1. The fraction of sp³-hybridized carbons (Fsp3) is 0.222. The molecule has 5 nitrogen and oxygen atoms in total. The summed E-state index contributed by atoms with van der Waals surface area (Å²) in [5, 5.41) is 3.48. The summed E-state index contributed by atoms with van der Waals surface area (Å²) in [6.45, 7) is 0.387. The summed E-state index contributed by atoms with van der Waals surface area (Å²) in [6.07, 6.45) is 0.553. The Hall–Kier alpha value is -2.53. The minimum Gasteiger partial charge on any atom is -0.489 e. The lowest BCUT2D eigenvalue weighted by molar-refractivity contribution is -0.126. The molecular weight excluding hydrogens is 328 g/mol. The maximum atomic E-state index is 12.0. The van der Waals surface area contributed by atoms with Crippen molar-refractivity contribution >= 4 is 29.1 Å². The van der Waals surface area contributed by atoms with Crippen molar-refractivity contribution in [2.45, 2.75) is 19.4 Å². The molecule has 3 N–H and O–H groups in total. The molecule has 1 aliphatic rings. The number of halogens is 1. The molecule has 0 spiro atoms. The normalized spacial score (nSPS) is 16.2. The van der Waals surface area contributed by atoms with Gasteiger partial charge in [-0.15, -0.1) is 0 Å². The van der Waals surface area contributed by atoms with E-state index in [1.807, 2.05) is 36.4 Å². The predicted octanol–water partition coefficient (Wildman–Crippen LogP) is 2.91. The third-order valence-corrected chi connectivity index (χ3v) is 4.15. The van der Waals surface area contributed by atoms with Gasteiger partial charge in [0.1, 0.15) is 12.4 Å². The van der Waals surface area contributed by atoms with E-state index in [2.05, 4.69) is 5.32 Å². The molecule has 0 saturated heterocycles. The van der Waals surface area contributed by atoms with Gasteiger partial charge in [0.15, 0.2) is 0 Å². The van der Waals surface area contributed by atoms with Crippen LogP contribution < -0.4 is 15.8 Å². The van der Waals surface area contributed by atoms with Crippen LogP contribution in [0.1, 0.15) is 17.5 Å². The summed E-state index contributed by atoms with van der Waals surface area (Å²) >= 11 is 5.95. The Morgan fingerprint density at radius 3 is 2.88 bits per heavy atom. The molecule has 0 aliphatic carbocycles. The summed E-state index contributed by atoms with van der Waals surface area (Å²) in [6, 6.07) is 13.0. The summed E-state index contributed by atoms with van der Waals surface area (Å²) in [4.78, 5) is 23.1. The summed E-state index contributed by atoms with van der Waals surface area (Å²) < 4.78 is 5.76. The van der Waals surface area contributed by atoms with Crippen molar-refractivity contribution in [3.63, 3.8) is 0 Å². The van der Waals surface area contributed by atoms with Gasteiger partial charge < -0.3 is 15.8 Å². The zero-order chi connectivity index (χ0) is 17.1. The van der Waals surface area contributed by atoms with Crippen LogP contribution in [0.4, 0.5) is 5.69 Å². The molecule has 0 aromatic heterocycles. The van der Waals surface area contributed by atoms with Gasteiger partial charge in [0, 0.05) is 23.2 Å². The molecule has 124 valence electrons. The van der Waals surface area contributed by atoms with E-state index in [0.29, 0.717) is 29.5 Å². The van der Waals surface area contributed by atoms with Gasteiger partial charge in [-0.25, -0.2) is 0 Å². The second-order valence-corrected chi connectivity index (χ2v) is 6.23. The summed E-state index contributed by atoms with van der Waals surface area (Å²) in [5.41, 5.74) is 7.83. The molecule has 24 heavy (non-hydrogen) atoms. The van der Waals surface area contributed by atoms with Crippen LogP contribution in [0.2, 0.25) is 5.02 Å². The molecule has 1 heterocycles. The lowest BCUT2D eigenvalue weighted by Gasteiger charge is -2.24. The number of nitrogens with one attached hydrogen (secondary N) is 1. The SMILES string of the molecule is NC(=O)CC1Cc2ccc(OCc3cccc(Cl)c3)cc2NC1=O. The number of carbonyl (C=O) groups is 2. The van der Waals surface area contributed by atoms with Crippen molar-refractivity contribution in [3.8, 4) is 5.75 Å².